The van der Waals surface area contributed by atoms with Gasteiger partial charge < -0.3 is 9.84 Å². The predicted octanol–water partition coefficient (Wildman–Crippen LogP) is 3.52. The molecule has 5 heteroatoms. The molecule has 0 saturated carbocycles. The Morgan fingerprint density at radius 2 is 2.00 bits per heavy atom. The van der Waals surface area contributed by atoms with Gasteiger partial charge >= 0.3 is 6.01 Å². The molecule has 2 aromatic rings. The van der Waals surface area contributed by atoms with Gasteiger partial charge in [0.1, 0.15) is 0 Å². The lowest BCUT2D eigenvalue weighted by atomic mass is 10.1. The van der Waals surface area contributed by atoms with E-state index in [1.807, 2.05) is 45.0 Å². The minimum absolute atomic E-state index is 0.103. The van der Waals surface area contributed by atoms with E-state index in [2.05, 4.69) is 15.5 Å². The highest BCUT2D eigenvalue weighted by atomic mass is 35.5. The van der Waals surface area contributed by atoms with Gasteiger partial charge in [0.05, 0.1) is 0 Å². The molecule has 1 heterocycles. The van der Waals surface area contributed by atoms with Crippen LogP contribution in [0.25, 0.3) is 0 Å². The Hall–Kier alpha value is -1.55. The van der Waals surface area contributed by atoms with E-state index in [1.165, 1.54) is 0 Å². The second kappa shape index (κ2) is 4.98. The van der Waals surface area contributed by atoms with Crippen LogP contribution in [-0.4, -0.2) is 15.7 Å². The molecule has 18 heavy (non-hydrogen) atoms. The molecule has 0 spiro atoms. The number of hydrogen-bond acceptors (Lipinski definition) is 4. The van der Waals surface area contributed by atoms with Crippen molar-refractivity contribution in [1.29, 1.82) is 0 Å². The molecule has 0 unspecified atom stereocenters. The number of benzene rings is 1. The normalized spacial score (nSPS) is 11.6. The fourth-order valence-corrected chi connectivity index (χ4v) is 1.71. The van der Waals surface area contributed by atoms with Gasteiger partial charge in [-0.2, -0.15) is 4.98 Å². The lowest BCUT2D eigenvalue weighted by Gasteiger charge is -2.17. The summed E-state index contributed by atoms with van der Waals surface area (Å²) in [5.74, 6) is 0.620. The molecule has 0 aliphatic rings. The smallest absolute Gasteiger partial charge is 0.321 e. The highest BCUT2D eigenvalue weighted by Gasteiger charge is 2.15. The number of anilines is 1. The van der Waals surface area contributed by atoms with E-state index in [1.54, 1.807) is 0 Å². The van der Waals surface area contributed by atoms with E-state index in [-0.39, 0.29) is 5.54 Å². The summed E-state index contributed by atoms with van der Waals surface area (Å²) in [6, 6.07) is 8.08. The zero-order valence-corrected chi connectivity index (χ0v) is 11.5. The first-order chi connectivity index (χ1) is 8.44. The number of nitrogens with one attached hydrogen (secondary N) is 1. The van der Waals surface area contributed by atoms with Crippen LogP contribution in [0, 0.1) is 0 Å². The van der Waals surface area contributed by atoms with Gasteiger partial charge in [0.15, 0.2) is 5.82 Å². The van der Waals surface area contributed by atoms with Crippen molar-refractivity contribution in [3.63, 3.8) is 0 Å². The SMILES string of the molecule is CC(C)(C)Nc1nc(Cc2ccccc2Cl)no1. The number of aromatic nitrogens is 2. The second-order valence-corrected chi connectivity index (χ2v) is 5.57. The van der Waals surface area contributed by atoms with Crippen molar-refractivity contribution >= 4 is 17.6 Å². The molecule has 96 valence electrons. The van der Waals surface area contributed by atoms with Crippen LogP contribution in [0.2, 0.25) is 5.02 Å². The molecule has 0 fully saturated rings. The minimum Gasteiger partial charge on any atom is -0.333 e. The van der Waals surface area contributed by atoms with Crippen molar-refractivity contribution in [3.8, 4) is 0 Å². The van der Waals surface area contributed by atoms with Crippen molar-refractivity contribution in [2.75, 3.05) is 5.32 Å². The third-order valence-corrected chi connectivity index (χ3v) is 2.63. The Kier molecular flexibility index (Phi) is 3.57. The minimum atomic E-state index is -0.103. The average Bonchev–Trinajstić information content (AvgIpc) is 2.66. The van der Waals surface area contributed by atoms with Gasteiger partial charge in [-0.3, -0.25) is 0 Å². The number of halogens is 1. The summed E-state index contributed by atoms with van der Waals surface area (Å²) in [6.45, 7) is 6.10. The van der Waals surface area contributed by atoms with Crippen molar-refractivity contribution < 1.29 is 4.52 Å². The molecule has 0 amide bonds. The van der Waals surface area contributed by atoms with Crippen LogP contribution < -0.4 is 5.32 Å². The van der Waals surface area contributed by atoms with Crippen molar-refractivity contribution in [2.45, 2.75) is 32.7 Å². The topological polar surface area (TPSA) is 51.0 Å². The molecule has 2 rings (SSSR count). The molecule has 0 saturated heterocycles. The molecule has 1 N–H and O–H groups in total. The Bertz CT molecular complexity index is 531. The van der Waals surface area contributed by atoms with Gasteiger partial charge in [0.2, 0.25) is 0 Å². The summed E-state index contributed by atoms with van der Waals surface area (Å²) < 4.78 is 5.14. The first-order valence-electron chi connectivity index (χ1n) is 5.78. The summed E-state index contributed by atoms with van der Waals surface area (Å²) in [5, 5.41) is 7.77. The van der Waals surface area contributed by atoms with E-state index in [9.17, 15) is 0 Å². The molecule has 1 aromatic carbocycles. The Balaban J connectivity index is 2.10. The monoisotopic (exact) mass is 265 g/mol. The van der Waals surface area contributed by atoms with E-state index >= 15 is 0 Å². The van der Waals surface area contributed by atoms with Gasteiger partial charge in [0, 0.05) is 17.0 Å². The lowest BCUT2D eigenvalue weighted by Crippen LogP contribution is -2.26. The predicted molar refractivity (Wildman–Crippen MR) is 71.9 cm³/mol. The molecule has 0 atom stereocenters. The van der Waals surface area contributed by atoms with Crippen LogP contribution in [0.3, 0.4) is 0 Å². The van der Waals surface area contributed by atoms with E-state index in [0.717, 1.165) is 5.56 Å². The summed E-state index contributed by atoms with van der Waals surface area (Å²) in [4.78, 5) is 4.28. The molecule has 0 aliphatic carbocycles. The first kappa shape index (κ1) is 12.9. The molecule has 1 aromatic heterocycles. The van der Waals surface area contributed by atoms with Gasteiger partial charge in [-0.1, -0.05) is 35.0 Å². The maximum Gasteiger partial charge on any atom is 0.321 e. The number of hydrogen-bond donors (Lipinski definition) is 1. The maximum atomic E-state index is 6.09. The third kappa shape index (κ3) is 3.47. The highest BCUT2D eigenvalue weighted by molar-refractivity contribution is 6.31. The standard InChI is InChI=1S/C13H16ClN3O/c1-13(2,3)16-12-15-11(17-18-12)8-9-6-4-5-7-10(9)14/h4-7H,8H2,1-3H3,(H,15,16,17). The van der Waals surface area contributed by atoms with E-state index < -0.39 is 0 Å². The molecule has 0 aliphatic heterocycles. The van der Waals surface area contributed by atoms with Gasteiger partial charge in [0.25, 0.3) is 0 Å². The van der Waals surface area contributed by atoms with Crippen LogP contribution in [0.1, 0.15) is 32.2 Å². The fraction of sp³-hybridized carbons (Fsp3) is 0.385. The second-order valence-electron chi connectivity index (χ2n) is 5.16. The zero-order valence-electron chi connectivity index (χ0n) is 10.7. The van der Waals surface area contributed by atoms with Gasteiger partial charge in [-0.15, -0.1) is 0 Å². The van der Waals surface area contributed by atoms with Gasteiger partial charge in [-0.25, -0.2) is 0 Å². The van der Waals surface area contributed by atoms with Crippen molar-refractivity contribution in [1.82, 2.24) is 10.1 Å². The lowest BCUT2D eigenvalue weighted by molar-refractivity contribution is 0.413. The molecule has 0 radical (unpaired) electrons. The fourth-order valence-electron chi connectivity index (χ4n) is 1.51. The number of nitrogens with zero attached hydrogens (tertiary/aromatic N) is 2. The highest BCUT2D eigenvalue weighted by Crippen LogP contribution is 2.19. The van der Waals surface area contributed by atoms with Crippen LogP contribution >= 0.6 is 11.6 Å². The maximum absolute atomic E-state index is 6.09. The Morgan fingerprint density at radius 3 is 2.67 bits per heavy atom. The Morgan fingerprint density at radius 1 is 1.28 bits per heavy atom. The number of rotatable bonds is 3. The van der Waals surface area contributed by atoms with Gasteiger partial charge in [-0.05, 0) is 32.4 Å². The molecule has 0 bridgehead atoms. The molecule has 4 nitrogen and oxygen atoms in total. The molecular formula is C13H16ClN3O. The van der Waals surface area contributed by atoms with Crippen LogP contribution in [0.15, 0.2) is 28.8 Å². The van der Waals surface area contributed by atoms with Crippen LogP contribution in [-0.2, 0) is 6.42 Å². The van der Waals surface area contributed by atoms with Crippen LogP contribution in [0.5, 0.6) is 0 Å². The summed E-state index contributed by atoms with van der Waals surface area (Å²) in [6.07, 6.45) is 0.564. The van der Waals surface area contributed by atoms with E-state index in [4.69, 9.17) is 16.1 Å². The summed E-state index contributed by atoms with van der Waals surface area (Å²) in [5.41, 5.74) is 0.885. The first-order valence-corrected chi connectivity index (χ1v) is 6.16. The van der Waals surface area contributed by atoms with E-state index in [0.29, 0.717) is 23.3 Å². The van der Waals surface area contributed by atoms with Crippen molar-refractivity contribution in [3.05, 3.63) is 40.7 Å². The summed E-state index contributed by atoms with van der Waals surface area (Å²) >= 11 is 6.09. The summed E-state index contributed by atoms with van der Waals surface area (Å²) in [7, 11) is 0. The largest absolute Gasteiger partial charge is 0.333 e. The Labute approximate surface area is 111 Å². The molecular weight excluding hydrogens is 250 g/mol. The quantitative estimate of drug-likeness (QED) is 0.922. The zero-order chi connectivity index (χ0) is 13.2. The van der Waals surface area contributed by atoms with Crippen molar-refractivity contribution in [2.24, 2.45) is 0 Å². The average molecular weight is 266 g/mol. The van der Waals surface area contributed by atoms with Crippen LogP contribution in [0.4, 0.5) is 6.01 Å². The third-order valence-electron chi connectivity index (χ3n) is 2.26.